The number of hydrogen-bond acceptors (Lipinski definition) is 5. The summed E-state index contributed by atoms with van der Waals surface area (Å²) in [4.78, 5) is 19.9. The van der Waals surface area contributed by atoms with Gasteiger partial charge in [0.1, 0.15) is 23.9 Å². The molecule has 3 aromatic rings. The van der Waals surface area contributed by atoms with Crippen molar-refractivity contribution in [1.82, 2.24) is 9.97 Å². The number of rotatable bonds is 9. The number of aliphatic carboxylic acids is 1. The van der Waals surface area contributed by atoms with E-state index in [9.17, 15) is 9.18 Å². The van der Waals surface area contributed by atoms with Crippen LogP contribution in [0.15, 0.2) is 48.7 Å². The van der Waals surface area contributed by atoms with E-state index >= 15 is 0 Å². The Bertz CT molecular complexity index is 1070. The zero-order valence-electron chi connectivity index (χ0n) is 17.8. The Kier molecular flexibility index (Phi) is 7.18. The Hall–Kier alpha value is -3.48. The second kappa shape index (κ2) is 10.0. The molecule has 0 aliphatic heterocycles. The monoisotopic (exact) mass is 424 g/mol. The van der Waals surface area contributed by atoms with Gasteiger partial charge in [-0.25, -0.2) is 4.39 Å². The number of benzene rings is 2. The molecule has 0 aliphatic rings. The third-order valence-corrected chi connectivity index (χ3v) is 4.74. The number of carboxylic acids is 1. The predicted molar refractivity (Wildman–Crippen MR) is 115 cm³/mol. The van der Waals surface area contributed by atoms with E-state index in [1.54, 1.807) is 24.4 Å². The maximum atomic E-state index is 14.5. The van der Waals surface area contributed by atoms with E-state index in [0.717, 1.165) is 5.56 Å². The molecule has 31 heavy (non-hydrogen) atoms. The standard InChI is InChI=1S/C24H25FN2O4/c1-15(2)23-24(20-12-18(30-3)8-9-21(20)25)26-13-17(27-23)14-31-19-6-4-5-16(11-19)7-10-22(28)29/h4-6,8-9,11-13,15H,7,10,14H2,1-3H3,(H,28,29). The number of carboxylic acid groups (broad SMARTS) is 1. The molecule has 0 atom stereocenters. The van der Waals surface area contributed by atoms with Crippen LogP contribution in [-0.4, -0.2) is 28.2 Å². The summed E-state index contributed by atoms with van der Waals surface area (Å²) in [5.41, 5.74) is 2.99. The normalized spacial score (nSPS) is 10.9. The van der Waals surface area contributed by atoms with E-state index in [4.69, 9.17) is 14.6 Å². The Morgan fingerprint density at radius 1 is 1.16 bits per heavy atom. The van der Waals surface area contributed by atoms with Gasteiger partial charge in [-0.2, -0.15) is 0 Å². The Morgan fingerprint density at radius 3 is 2.68 bits per heavy atom. The van der Waals surface area contributed by atoms with Crippen molar-refractivity contribution in [2.24, 2.45) is 0 Å². The Balaban J connectivity index is 1.81. The number of halogens is 1. The van der Waals surface area contributed by atoms with Crippen molar-refractivity contribution in [3.05, 3.63) is 71.4 Å². The zero-order chi connectivity index (χ0) is 22.4. The first-order valence-corrected chi connectivity index (χ1v) is 10.0. The van der Waals surface area contributed by atoms with Gasteiger partial charge in [-0.05, 0) is 48.2 Å². The van der Waals surface area contributed by atoms with Crippen molar-refractivity contribution in [3.8, 4) is 22.8 Å². The summed E-state index contributed by atoms with van der Waals surface area (Å²) in [5.74, 6) is -0.0382. The van der Waals surface area contributed by atoms with Crippen LogP contribution in [0.1, 0.15) is 43.1 Å². The molecule has 0 aliphatic carbocycles. The smallest absolute Gasteiger partial charge is 0.303 e. The van der Waals surface area contributed by atoms with E-state index in [1.807, 2.05) is 32.0 Å². The van der Waals surface area contributed by atoms with E-state index in [-0.39, 0.29) is 24.8 Å². The van der Waals surface area contributed by atoms with Crippen LogP contribution in [0, 0.1) is 5.82 Å². The first kappa shape index (κ1) is 22.2. The maximum absolute atomic E-state index is 14.5. The van der Waals surface area contributed by atoms with Crippen molar-refractivity contribution >= 4 is 5.97 Å². The fraction of sp³-hybridized carbons (Fsp3) is 0.292. The summed E-state index contributed by atoms with van der Waals surface area (Å²) in [6, 6.07) is 11.9. The van der Waals surface area contributed by atoms with Crippen molar-refractivity contribution in [1.29, 1.82) is 0 Å². The molecule has 0 saturated heterocycles. The van der Waals surface area contributed by atoms with Crippen LogP contribution in [0.25, 0.3) is 11.3 Å². The van der Waals surface area contributed by atoms with Crippen LogP contribution in [0.2, 0.25) is 0 Å². The molecule has 0 bridgehead atoms. The molecule has 1 heterocycles. The first-order chi connectivity index (χ1) is 14.9. The number of methoxy groups -OCH3 is 1. The molecule has 0 fully saturated rings. The third-order valence-electron chi connectivity index (χ3n) is 4.74. The van der Waals surface area contributed by atoms with Gasteiger partial charge in [0.15, 0.2) is 0 Å². The van der Waals surface area contributed by atoms with Crippen molar-refractivity contribution in [2.45, 2.75) is 39.2 Å². The van der Waals surface area contributed by atoms with Gasteiger partial charge in [-0.15, -0.1) is 0 Å². The lowest BCUT2D eigenvalue weighted by Gasteiger charge is -2.15. The number of hydrogen-bond donors (Lipinski definition) is 1. The quantitative estimate of drug-likeness (QED) is 0.520. The molecular formula is C24H25FN2O4. The number of carbonyl (C=O) groups is 1. The highest BCUT2D eigenvalue weighted by Gasteiger charge is 2.17. The van der Waals surface area contributed by atoms with Crippen molar-refractivity contribution in [2.75, 3.05) is 7.11 Å². The average Bonchev–Trinajstić information content (AvgIpc) is 2.77. The number of nitrogens with zero attached hydrogens (tertiary/aromatic N) is 2. The van der Waals surface area contributed by atoms with Gasteiger partial charge in [0.2, 0.25) is 0 Å². The summed E-state index contributed by atoms with van der Waals surface area (Å²) >= 11 is 0. The Labute approximate surface area is 180 Å². The first-order valence-electron chi connectivity index (χ1n) is 10.0. The van der Waals surface area contributed by atoms with E-state index in [0.29, 0.717) is 40.6 Å². The summed E-state index contributed by atoms with van der Waals surface area (Å²) < 4.78 is 25.5. The van der Waals surface area contributed by atoms with Crippen LogP contribution >= 0.6 is 0 Å². The lowest BCUT2D eigenvalue weighted by Crippen LogP contribution is -2.07. The number of ether oxygens (including phenoxy) is 2. The minimum atomic E-state index is -0.838. The topological polar surface area (TPSA) is 81.5 Å². The van der Waals surface area contributed by atoms with Crippen LogP contribution in [-0.2, 0) is 17.8 Å². The highest BCUT2D eigenvalue weighted by Crippen LogP contribution is 2.31. The molecule has 1 N–H and O–H groups in total. The van der Waals surface area contributed by atoms with Gasteiger partial charge >= 0.3 is 5.97 Å². The van der Waals surface area contributed by atoms with Crippen molar-refractivity contribution in [3.63, 3.8) is 0 Å². The van der Waals surface area contributed by atoms with Crippen LogP contribution in [0.4, 0.5) is 4.39 Å². The molecular weight excluding hydrogens is 399 g/mol. The summed E-state index contributed by atoms with van der Waals surface area (Å²) in [6.45, 7) is 4.14. The second-order valence-corrected chi connectivity index (χ2v) is 7.43. The molecule has 7 heteroatoms. The van der Waals surface area contributed by atoms with Crippen LogP contribution < -0.4 is 9.47 Å². The fourth-order valence-electron chi connectivity index (χ4n) is 3.13. The lowest BCUT2D eigenvalue weighted by atomic mass is 10.0. The van der Waals surface area contributed by atoms with Gasteiger partial charge in [-0.1, -0.05) is 26.0 Å². The van der Waals surface area contributed by atoms with Crippen LogP contribution in [0.3, 0.4) is 0 Å². The SMILES string of the molecule is COc1ccc(F)c(-c2ncc(COc3cccc(CCC(=O)O)c3)nc2C(C)C)c1. The Morgan fingerprint density at radius 2 is 1.97 bits per heavy atom. The van der Waals surface area contributed by atoms with Crippen molar-refractivity contribution < 1.29 is 23.8 Å². The highest BCUT2D eigenvalue weighted by molar-refractivity contribution is 5.67. The van der Waals surface area contributed by atoms with E-state index in [2.05, 4.69) is 9.97 Å². The number of aryl methyl sites for hydroxylation is 1. The highest BCUT2D eigenvalue weighted by atomic mass is 19.1. The van der Waals surface area contributed by atoms with E-state index < -0.39 is 5.97 Å². The fourth-order valence-corrected chi connectivity index (χ4v) is 3.13. The molecule has 0 saturated carbocycles. The minimum absolute atomic E-state index is 0.0207. The molecule has 0 radical (unpaired) electrons. The minimum Gasteiger partial charge on any atom is -0.497 e. The van der Waals surface area contributed by atoms with Gasteiger partial charge in [0, 0.05) is 12.0 Å². The summed E-state index contributed by atoms with van der Waals surface area (Å²) in [6.07, 6.45) is 2.08. The molecule has 3 rings (SSSR count). The maximum Gasteiger partial charge on any atom is 0.303 e. The zero-order valence-corrected chi connectivity index (χ0v) is 17.8. The van der Waals surface area contributed by atoms with E-state index in [1.165, 1.54) is 13.2 Å². The predicted octanol–water partition coefficient (Wildman–Crippen LogP) is 5.01. The molecule has 0 unspecified atom stereocenters. The molecule has 6 nitrogen and oxygen atoms in total. The van der Waals surface area contributed by atoms with Gasteiger partial charge in [0.05, 0.1) is 30.4 Å². The summed E-state index contributed by atoms with van der Waals surface area (Å²) in [5, 5.41) is 8.84. The molecule has 1 aromatic heterocycles. The average molecular weight is 424 g/mol. The molecule has 0 amide bonds. The van der Waals surface area contributed by atoms with Crippen LogP contribution in [0.5, 0.6) is 11.5 Å². The van der Waals surface area contributed by atoms with Gasteiger partial charge < -0.3 is 14.6 Å². The third kappa shape index (κ3) is 5.78. The molecule has 0 spiro atoms. The number of aromatic nitrogens is 2. The van der Waals surface area contributed by atoms with Gasteiger partial charge in [-0.3, -0.25) is 14.8 Å². The molecule has 162 valence electrons. The summed E-state index contributed by atoms with van der Waals surface area (Å²) in [7, 11) is 1.53. The second-order valence-electron chi connectivity index (χ2n) is 7.43. The lowest BCUT2D eigenvalue weighted by molar-refractivity contribution is -0.136. The largest absolute Gasteiger partial charge is 0.497 e. The molecule has 2 aromatic carbocycles. The van der Waals surface area contributed by atoms with Gasteiger partial charge in [0.25, 0.3) is 0 Å².